The van der Waals surface area contributed by atoms with E-state index in [0.29, 0.717) is 0 Å². The van der Waals surface area contributed by atoms with Crippen molar-refractivity contribution in [1.82, 2.24) is 14.3 Å². The number of nitrogens with zero attached hydrogens (tertiary/aromatic N) is 2. The van der Waals surface area contributed by atoms with Gasteiger partial charge in [0.1, 0.15) is 11.9 Å². The molecule has 1 amide bonds. The monoisotopic (exact) mass is 444 g/mol. The molecule has 0 fully saturated rings. The van der Waals surface area contributed by atoms with Crippen molar-refractivity contribution in [2.24, 2.45) is 5.92 Å². The molecule has 0 saturated carbocycles. The lowest BCUT2D eigenvalue weighted by atomic mass is 10.0. The number of benzene rings is 2. The Hall–Kier alpha value is -3.04. The summed E-state index contributed by atoms with van der Waals surface area (Å²) in [5.41, 5.74) is 1.44. The second-order valence-electron chi connectivity index (χ2n) is 7.74. The SMILES string of the molecule is Cc1ccc(S(=O)(=O)NC(CC(C)C)C(=O)Nc2ccc(-n3ccnc3)c(F)c2)cc1. The van der Waals surface area contributed by atoms with Crippen LogP contribution >= 0.6 is 0 Å². The molecule has 0 aliphatic carbocycles. The van der Waals surface area contributed by atoms with Gasteiger partial charge in [-0.25, -0.2) is 17.8 Å². The highest BCUT2D eigenvalue weighted by molar-refractivity contribution is 7.89. The standard InChI is InChI=1S/C22H25FN4O3S/c1-15(2)12-20(26-31(29,30)18-7-4-16(3)5-8-18)22(28)25-17-6-9-21(19(23)13-17)27-11-10-24-14-27/h4-11,13-15,20,26H,12H2,1-3H3,(H,25,28). The number of rotatable bonds is 8. The fraction of sp³-hybridized carbons (Fsp3) is 0.273. The number of carbonyl (C=O) groups excluding carboxylic acids is 1. The van der Waals surface area contributed by atoms with E-state index < -0.39 is 27.8 Å². The van der Waals surface area contributed by atoms with E-state index in [1.807, 2.05) is 20.8 Å². The molecule has 0 aliphatic heterocycles. The number of nitrogens with one attached hydrogen (secondary N) is 2. The summed E-state index contributed by atoms with van der Waals surface area (Å²) in [7, 11) is -3.90. The molecule has 1 atom stereocenters. The van der Waals surface area contributed by atoms with Crippen LogP contribution in [0.1, 0.15) is 25.8 Å². The van der Waals surface area contributed by atoms with E-state index in [2.05, 4.69) is 15.0 Å². The molecular weight excluding hydrogens is 419 g/mol. The Bertz CT molecular complexity index is 1140. The van der Waals surface area contributed by atoms with Crippen LogP contribution in [0.15, 0.2) is 66.1 Å². The summed E-state index contributed by atoms with van der Waals surface area (Å²) in [6.07, 6.45) is 4.89. The van der Waals surface area contributed by atoms with E-state index in [4.69, 9.17) is 0 Å². The van der Waals surface area contributed by atoms with Gasteiger partial charge in [0.15, 0.2) is 0 Å². The van der Waals surface area contributed by atoms with Crippen LogP contribution in [0.5, 0.6) is 0 Å². The molecule has 2 aromatic carbocycles. The number of aromatic nitrogens is 2. The highest BCUT2D eigenvalue weighted by Gasteiger charge is 2.27. The van der Waals surface area contributed by atoms with Crippen molar-refractivity contribution >= 4 is 21.6 Å². The van der Waals surface area contributed by atoms with Crippen molar-refractivity contribution in [3.05, 3.63) is 72.6 Å². The average molecular weight is 445 g/mol. The third kappa shape index (κ3) is 5.77. The molecule has 1 heterocycles. The predicted molar refractivity (Wildman–Crippen MR) is 117 cm³/mol. The number of hydrogen-bond donors (Lipinski definition) is 2. The number of anilines is 1. The smallest absolute Gasteiger partial charge is 0.242 e. The molecule has 0 saturated heterocycles. The van der Waals surface area contributed by atoms with Crippen LogP contribution < -0.4 is 10.0 Å². The Morgan fingerprint density at radius 2 is 1.87 bits per heavy atom. The molecule has 0 aliphatic rings. The van der Waals surface area contributed by atoms with Crippen molar-refractivity contribution < 1.29 is 17.6 Å². The molecule has 3 aromatic rings. The largest absolute Gasteiger partial charge is 0.325 e. The fourth-order valence-electron chi connectivity index (χ4n) is 3.08. The molecule has 2 N–H and O–H groups in total. The van der Waals surface area contributed by atoms with Crippen molar-refractivity contribution in [3.8, 4) is 5.69 Å². The average Bonchev–Trinajstić information content (AvgIpc) is 3.22. The highest BCUT2D eigenvalue weighted by Crippen LogP contribution is 2.19. The lowest BCUT2D eigenvalue weighted by Crippen LogP contribution is -2.44. The summed E-state index contributed by atoms with van der Waals surface area (Å²) in [5, 5.41) is 2.61. The zero-order chi connectivity index (χ0) is 22.6. The van der Waals surface area contributed by atoms with Gasteiger partial charge in [0, 0.05) is 18.1 Å². The predicted octanol–water partition coefficient (Wildman–Crippen LogP) is 3.65. The Labute approximate surface area is 181 Å². The lowest BCUT2D eigenvalue weighted by Gasteiger charge is -2.20. The maximum Gasteiger partial charge on any atom is 0.242 e. The quantitative estimate of drug-likeness (QED) is 0.555. The first-order chi connectivity index (χ1) is 14.7. The van der Waals surface area contributed by atoms with Gasteiger partial charge in [0.25, 0.3) is 0 Å². The van der Waals surface area contributed by atoms with Crippen molar-refractivity contribution in [2.75, 3.05) is 5.32 Å². The van der Waals surface area contributed by atoms with E-state index >= 15 is 0 Å². The van der Waals surface area contributed by atoms with Crippen LogP contribution in [0.4, 0.5) is 10.1 Å². The minimum atomic E-state index is -3.90. The van der Waals surface area contributed by atoms with E-state index in [0.717, 1.165) is 5.56 Å². The van der Waals surface area contributed by atoms with Crippen LogP contribution in [-0.4, -0.2) is 29.9 Å². The van der Waals surface area contributed by atoms with Gasteiger partial charge in [-0.3, -0.25) is 4.79 Å². The fourth-order valence-corrected chi connectivity index (χ4v) is 4.29. The van der Waals surface area contributed by atoms with Gasteiger partial charge in [0.05, 0.1) is 16.9 Å². The third-order valence-corrected chi connectivity index (χ3v) is 6.14. The summed E-state index contributed by atoms with van der Waals surface area (Å²) >= 11 is 0. The second-order valence-corrected chi connectivity index (χ2v) is 9.46. The minimum Gasteiger partial charge on any atom is -0.325 e. The lowest BCUT2D eigenvalue weighted by molar-refractivity contribution is -0.118. The van der Waals surface area contributed by atoms with Gasteiger partial charge < -0.3 is 9.88 Å². The minimum absolute atomic E-state index is 0.0526. The molecule has 0 radical (unpaired) electrons. The van der Waals surface area contributed by atoms with Crippen LogP contribution in [-0.2, 0) is 14.8 Å². The molecule has 3 rings (SSSR count). The number of aryl methyl sites for hydroxylation is 1. The molecule has 1 unspecified atom stereocenters. The molecule has 7 nitrogen and oxygen atoms in total. The zero-order valence-electron chi connectivity index (χ0n) is 17.5. The van der Waals surface area contributed by atoms with Gasteiger partial charge >= 0.3 is 0 Å². The summed E-state index contributed by atoms with van der Waals surface area (Å²) in [4.78, 5) is 16.8. The maximum atomic E-state index is 14.5. The molecule has 164 valence electrons. The van der Waals surface area contributed by atoms with Gasteiger partial charge in [-0.15, -0.1) is 0 Å². The molecule has 9 heteroatoms. The highest BCUT2D eigenvalue weighted by atomic mass is 32.2. The van der Waals surface area contributed by atoms with Crippen LogP contribution in [0.3, 0.4) is 0 Å². The van der Waals surface area contributed by atoms with Gasteiger partial charge in [-0.1, -0.05) is 31.5 Å². The normalized spacial score (nSPS) is 12.7. The Morgan fingerprint density at radius 3 is 2.45 bits per heavy atom. The van der Waals surface area contributed by atoms with Crippen molar-refractivity contribution in [2.45, 2.75) is 38.1 Å². The summed E-state index contributed by atoms with van der Waals surface area (Å²) < 4.78 is 44.0. The molecule has 31 heavy (non-hydrogen) atoms. The summed E-state index contributed by atoms with van der Waals surface area (Å²) in [5.74, 6) is -1.05. The maximum absolute atomic E-state index is 14.5. The number of amides is 1. The topological polar surface area (TPSA) is 93.1 Å². The molecular formula is C22H25FN4O3S. The Kier molecular flexibility index (Phi) is 6.87. The van der Waals surface area contributed by atoms with E-state index in [1.165, 1.54) is 41.4 Å². The summed E-state index contributed by atoms with van der Waals surface area (Å²) in [6.45, 7) is 5.64. The van der Waals surface area contributed by atoms with Gasteiger partial charge in [-0.05, 0) is 49.6 Å². The first-order valence-corrected chi connectivity index (χ1v) is 11.3. The van der Waals surface area contributed by atoms with Crippen molar-refractivity contribution in [3.63, 3.8) is 0 Å². The third-order valence-electron chi connectivity index (χ3n) is 4.65. The Morgan fingerprint density at radius 1 is 1.16 bits per heavy atom. The van der Waals surface area contributed by atoms with Crippen LogP contribution in [0.25, 0.3) is 5.69 Å². The first kappa shape index (κ1) is 22.6. The number of sulfonamides is 1. The second kappa shape index (κ2) is 9.40. The Balaban J connectivity index is 1.78. The number of halogens is 1. The van der Waals surface area contributed by atoms with Crippen LogP contribution in [0, 0.1) is 18.7 Å². The van der Waals surface area contributed by atoms with E-state index in [-0.39, 0.29) is 28.6 Å². The van der Waals surface area contributed by atoms with E-state index in [9.17, 15) is 17.6 Å². The zero-order valence-corrected chi connectivity index (χ0v) is 18.4. The number of carbonyl (C=O) groups is 1. The summed E-state index contributed by atoms with van der Waals surface area (Å²) in [6, 6.07) is 9.61. The first-order valence-electron chi connectivity index (χ1n) is 9.83. The van der Waals surface area contributed by atoms with Crippen molar-refractivity contribution in [1.29, 1.82) is 0 Å². The number of imidazole rings is 1. The van der Waals surface area contributed by atoms with Gasteiger partial charge in [0.2, 0.25) is 15.9 Å². The van der Waals surface area contributed by atoms with Crippen LogP contribution in [0.2, 0.25) is 0 Å². The molecule has 0 bridgehead atoms. The van der Waals surface area contributed by atoms with E-state index in [1.54, 1.807) is 24.4 Å². The molecule has 1 aromatic heterocycles. The molecule has 0 spiro atoms. The number of hydrogen-bond acceptors (Lipinski definition) is 4. The van der Waals surface area contributed by atoms with Gasteiger partial charge in [-0.2, -0.15) is 4.72 Å².